The monoisotopic (exact) mass is 230 g/mol. The van der Waals surface area contributed by atoms with Crippen LogP contribution in [0, 0.1) is 0 Å². The Hall–Kier alpha value is -1.10. The first kappa shape index (κ1) is 14.9. The van der Waals surface area contributed by atoms with Crippen LogP contribution in [-0.2, 0) is 9.59 Å². The van der Waals surface area contributed by atoms with Crippen molar-refractivity contribution in [3.05, 3.63) is 0 Å². The van der Waals surface area contributed by atoms with E-state index >= 15 is 0 Å². The van der Waals surface area contributed by atoms with Crippen LogP contribution >= 0.6 is 0 Å². The largest absolute Gasteiger partial charge is 0.480 e. The molecule has 1 N–H and O–H groups in total. The number of carboxylic acid groups (broad SMARTS) is 1. The van der Waals surface area contributed by atoms with Gasteiger partial charge in [-0.3, -0.25) is 9.59 Å². The van der Waals surface area contributed by atoms with Gasteiger partial charge in [-0.2, -0.15) is 0 Å². The smallest absolute Gasteiger partial charge is 0.323 e. The highest BCUT2D eigenvalue weighted by molar-refractivity contribution is 5.81. The van der Waals surface area contributed by atoms with Crippen molar-refractivity contribution in [1.29, 1.82) is 0 Å². The minimum atomic E-state index is -0.946. The van der Waals surface area contributed by atoms with E-state index in [-0.39, 0.29) is 12.5 Å². The van der Waals surface area contributed by atoms with Crippen LogP contribution < -0.4 is 0 Å². The summed E-state index contributed by atoms with van der Waals surface area (Å²) < 4.78 is 0. The number of aliphatic carboxylic acids is 1. The normalized spacial score (nSPS) is 17.4. The molecule has 0 radical (unpaired) electrons. The maximum Gasteiger partial charge on any atom is 0.323 e. The van der Waals surface area contributed by atoms with Crippen LogP contribution in [-0.4, -0.2) is 60.0 Å². The molecular weight excluding hydrogens is 208 g/mol. The number of hydrogen-bond acceptors (Lipinski definition) is 3. The number of amides is 1. The van der Waals surface area contributed by atoms with Gasteiger partial charge in [-0.1, -0.05) is 20.3 Å². The maximum atomic E-state index is 11.3. The van der Waals surface area contributed by atoms with Crippen LogP contribution in [0.4, 0.5) is 0 Å². The van der Waals surface area contributed by atoms with Crippen molar-refractivity contribution in [1.82, 2.24) is 9.80 Å². The molecule has 0 aromatic rings. The number of hydrogen-bond donors (Lipinski definition) is 1. The fourth-order valence-electron chi connectivity index (χ4n) is 1.30. The van der Waals surface area contributed by atoms with Crippen LogP contribution in [0.1, 0.15) is 26.7 Å². The van der Waals surface area contributed by atoms with E-state index in [1.165, 1.54) is 11.3 Å². The van der Waals surface area contributed by atoms with Gasteiger partial charge in [-0.15, -0.1) is 0 Å². The summed E-state index contributed by atoms with van der Waals surface area (Å²) in [5.74, 6) is -1.01. The summed E-state index contributed by atoms with van der Waals surface area (Å²) in [4.78, 5) is 25.2. The predicted molar refractivity (Wildman–Crippen MR) is 62.3 cm³/mol. The summed E-state index contributed by atoms with van der Waals surface area (Å²) in [6.45, 7) is 6.06. The lowest BCUT2D eigenvalue weighted by atomic mass is 10.3. The Morgan fingerprint density at radius 2 is 1.88 bits per heavy atom. The van der Waals surface area contributed by atoms with Crippen molar-refractivity contribution in [2.24, 2.45) is 0 Å². The molecule has 1 saturated heterocycles. The third-order valence-corrected chi connectivity index (χ3v) is 2.14. The fraction of sp³-hybridized carbons (Fsp3) is 0.818. The van der Waals surface area contributed by atoms with E-state index in [0.29, 0.717) is 13.0 Å². The predicted octanol–water partition coefficient (Wildman–Crippen LogP) is 0.651. The summed E-state index contributed by atoms with van der Waals surface area (Å²) in [6, 6.07) is 0. The summed E-state index contributed by atoms with van der Waals surface area (Å²) in [5.41, 5.74) is 0. The van der Waals surface area contributed by atoms with Crippen LogP contribution in [0.25, 0.3) is 0 Å². The van der Waals surface area contributed by atoms with Crippen LogP contribution in [0.15, 0.2) is 0 Å². The van der Waals surface area contributed by atoms with Crippen molar-refractivity contribution in [2.45, 2.75) is 26.7 Å². The Bertz CT molecular complexity index is 231. The molecule has 0 unspecified atom stereocenters. The average Bonchev–Trinajstić information content (AvgIpc) is 2.34. The second kappa shape index (κ2) is 8.10. The molecular formula is C11H22N2O3. The fourth-order valence-corrected chi connectivity index (χ4v) is 1.30. The van der Waals surface area contributed by atoms with Gasteiger partial charge in [0.2, 0.25) is 5.91 Å². The molecule has 16 heavy (non-hydrogen) atoms. The van der Waals surface area contributed by atoms with Gasteiger partial charge in [0.05, 0.1) is 0 Å². The van der Waals surface area contributed by atoms with Gasteiger partial charge in [-0.25, -0.2) is 0 Å². The van der Waals surface area contributed by atoms with E-state index < -0.39 is 5.97 Å². The molecule has 0 atom stereocenters. The third-order valence-electron chi connectivity index (χ3n) is 2.14. The second-order valence-electron chi connectivity index (χ2n) is 3.97. The highest BCUT2D eigenvalue weighted by Gasteiger charge is 2.20. The quantitative estimate of drug-likeness (QED) is 0.756. The van der Waals surface area contributed by atoms with Gasteiger partial charge in [0.1, 0.15) is 6.54 Å². The number of nitrogens with zero attached hydrogens (tertiary/aromatic N) is 2. The zero-order valence-electron chi connectivity index (χ0n) is 10.4. The number of carbonyl (C=O) groups is 2. The van der Waals surface area contributed by atoms with Crippen LogP contribution in [0.2, 0.25) is 0 Å². The molecule has 1 rings (SSSR count). The first-order chi connectivity index (χ1) is 7.51. The molecule has 0 bridgehead atoms. The minimum Gasteiger partial charge on any atom is -0.480 e. The highest BCUT2D eigenvalue weighted by Crippen LogP contribution is 2.02. The Morgan fingerprint density at radius 1 is 1.31 bits per heavy atom. The molecule has 94 valence electrons. The van der Waals surface area contributed by atoms with Crippen molar-refractivity contribution < 1.29 is 14.7 Å². The third kappa shape index (κ3) is 6.40. The van der Waals surface area contributed by atoms with Crippen molar-refractivity contribution >= 4 is 11.9 Å². The number of rotatable bonds is 2. The van der Waals surface area contributed by atoms with Gasteiger partial charge in [0.15, 0.2) is 0 Å². The molecule has 0 aliphatic carbocycles. The first-order valence-electron chi connectivity index (χ1n) is 5.69. The number of carbonyl (C=O) groups excluding carboxylic acids is 1. The van der Waals surface area contributed by atoms with E-state index in [4.69, 9.17) is 5.11 Å². The van der Waals surface area contributed by atoms with Crippen LogP contribution in [0.5, 0.6) is 0 Å². The van der Waals surface area contributed by atoms with Crippen LogP contribution in [0.3, 0.4) is 0 Å². The van der Waals surface area contributed by atoms with E-state index in [1.54, 1.807) is 0 Å². The lowest BCUT2D eigenvalue weighted by Crippen LogP contribution is -2.36. The lowest BCUT2D eigenvalue weighted by Gasteiger charge is -2.17. The Labute approximate surface area is 97.0 Å². The molecule has 1 aliphatic heterocycles. The molecule has 0 saturated carbocycles. The number of likely N-dealkylation sites (N-methyl/N-ethyl adjacent to an activating group) is 1. The number of carboxylic acids is 1. The molecule has 5 nitrogen and oxygen atoms in total. The van der Waals surface area contributed by atoms with Crippen molar-refractivity contribution in [2.75, 3.05) is 33.2 Å². The standard InChI is InChI=1S/C8H14N2O3.C3H8/c1-9-3-2-7(11)10(5-4-9)6-8(12)13;1-3-2/h2-6H2,1H3,(H,12,13);3H2,1-2H3. The van der Waals surface area contributed by atoms with E-state index in [1.807, 2.05) is 11.9 Å². The Morgan fingerprint density at radius 3 is 2.38 bits per heavy atom. The van der Waals surface area contributed by atoms with E-state index in [2.05, 4.69) is 13.8 Å². The lowest BCUT2D eigenvalue weighted by molar-refractivity contribution is -0.144. The van der Waals surface area contributed by atoms with E-state index in [0.717, 1.165) is 13.1 Å². The van der Waals surface area contributed by atoms with Crippen molar-refractivity contribution in [3.8, 4) is 0 Å². The minimum absolute atomic E-state index is 0.0632. The average molecular weight is 230 g/mol. The zero-order valence-corrected chi connectivity index (χ0v) is 10.4. The topological polar surface area (TPSA) is 60.9 Å². The molecule has 5 heteroatoms. The summed E-state index contributed by atoms with van der Waals surface area (Å²) in [6.07, 6.45) is 1.67. The molecule has 1 aliphatic rings. The molecule has 1 heterocycles. The summed E-state index contributed by atoms with van der Waals surface area (Å²) in [5, 5.41) is 8.53. The van der Waals surface area contributed by atoms with Gasteiger partial charge in [0.25, 0.3) is 0 Å². The molecule has 1 amide bonds. The SMILES string of the molecule is CCC.CN1CCC(=O)N(CC(=O)O)CC1. The van der Waals surface area contributed by atoms with Crippen molar-refractivity contribution in [3.63, 3.8) is 0 Å². The first-order valence-corrected chi connectivity index (χ1v) is 5.69. The highest BCUT2D eigenvalue weighted by atomic mass is 16.4. The van der Waals surface area contributed by atoms with Gasteiger partial charge < -0.3 is 14.9 Å². The second-order valence-corrected chi connectivity index (χ2v) is 3.97. The van der Waals surface area contributed by atoms with Gasteiger partial charge >= 0.3 is 5.97 Å². The van der Waals surface area contributed by atoms with Gasteiger partial charge in [0, 0.05) is 26.1 Å². The molecule has 0 aromatic heterocycles. The molecule has 0 aromatic carbocycles. The zero-order chi connectivity index (χ0) is 12.6. The summed E-state index contributed by atoms with van der Waals surface area (Å²) in [7, 11) is 1.93. The Kier molecular flexibility index (Phi) is 7.54. The molecule has 1 fully saturated rings. The van der Waals surface area contributed by atoms with E-state index in [9.17, 15) is 9.59 Å². The van der Waals surface area contributed by atoms with Gasteiger partial charge in [-0.05, 0) is 7.05 Å². The summed E-state index contributed by atoms with van der Waals surface area (Å²) >= 11 is 0. The maximum absolute atomic E-state index is 11.3. The Balaban J connectivity index is 0.000000673. The molecule has 0 spiro atoms.